The van der Waals surface area contributed by atoms with Crippen molar-refractivity contribution in [2.45, 2.75) is 30.2 Å². The minimum atomic E-state index is -4.64. The van der Waals surface area contributed by atoms with Crippen LogP contribution in [0.1, 0.15) is 29.0 Å². The first-order chi connectivity index (χ1) is 13.4. The van der Waals surface area contributed by atoms with Gasteiger partial charge in [-0.1, -0.05) is 12.1 Å². The molecule has 2 aromatic carbocycles. The van der Waals surface area contributed by atoms with Crippen LogP contribution in [0.4, 0.5) is 18.9 Å². The quantitative estimate of drug-likeness (QED) is 0.780. The average molecular weight is 426 g/mol. The highest BCUT2D eigenvalue weighted by molar-refractivity contribution is 7.89. The number of nitrogens with two attached hydrogens (primary N) is 2. The summed E-state index contributed by atoms with van der Waals surface area (Å²) in [7, 11) is -3.94. The summed E-state index contributed by atoms with van der Waals surface area (Å²) >= 11 is 0. The van der Waals surface area contributed by atoms with Crippen LogP contribution in [0.3, 0.4) is 0 Å². The molecule has 4 N–H and O–H groups in total. The number of aliphatic imine (C=N–C) groups is 1. The van der Waals surface area contributed by atoms with Crippen molar-refractivity contribution in [2.24, 2.45) is 15.9 Å². The summed E-state index contributed by atoms with van der Waals surface area (Å²) < 4.78 is 63.2. The van der Waals surface area contributed by atoms with E-state index in [1.54, 1.807) is 0 Å². The maximum Gasteiger partial charge on any atom is 0.431 e. The number of primary amides is 1. The molecule has 1 aliphatic rings. The molecule has 3 rings (SSSR count). The molecule has 2 aromatic rings. The average Bonchev–Trinajstić information content (AvgIpc) is 2.98. The second kappa shape index (κ2) is 7.16. The highest BCUT2D eigenvalue weighted by Gasteiger charge is 2.47. The third-order valence-corrected chi connectivity index (χ3v) is 5.51. The number of benzene rings is 2. The van der Waals surface area contributed by atoms with E-state index < -0.39 is 40.0 Å². The zero-order valence-corrected chi connectivity index (χ0v) is 15.9. The summed E-state index contributed by atoms with van der Waals surface area (Å²) in [5, 5.41) is 5.07. The van der Waals surface area contributed by atoms with E-state index in [0.29, 0.717) is 11.3 Å². The van der Waals surface area contributed by atoms with E-state index in [1.807, 2.05) is 0 Å². The van der Waals surface area contributed by atoms with Crippen molar-refractivity contribution in [3.05, 3.63) is 59.7 Å². The van der Waals surface area contributed by atoms with Gasteiger partial charge in [-0.15, -0.1) is 0 Å². The molecular weight excluding hydrogens is 409 g/mol. The number of anilines is 1. The Morgan fingerprint density at radius 2 is 1.62 bits per heavy atom. The number of rotatable bonds is 4. The second-order valence-electron chi connectivity index (χ2n) is 6.49. The van der Waals surface area contributed by atoms with Crippen LogP contribution < -0.4 is 15.8 Å². The summed E-state index contributed by atoms with van der Waals surface area (Å²) in [5.41, 5.74) is 5.21. The molecular formula is C18H17F3N4O3S. The number of sulfonamides is 1. The molecule has 1 amide bonds. The normalized spacial score (nSPS) is 19.9. The summed E-state index contributed by atoms with van der Waals surface area (Å²) in [6, 6.07) is 9.84. The van der Waals surface area contributed by atoms with Crippen molar-refractivity contribution in [3.8, 4) is 0 Å². The van der Waals surface area contributed by atoms with E-state index in [4.69, 9.17) is 10.9 Å². The predicted molar refractivity (Wildman–Crippen MR) is 101 cm³/mol. The van der Waals surface area contributed by atoms with Crippen molar-refractivity contribution in [2.75, 3.05) is 4.90 Å². The molecule has 0 fully saturated rings. The number of nitrogens with zero attached hydrogens (tertiary/aromatic N) is 2. The Bertz CT molecular complexity index is 1070. The monoisotopic (exact) mass is 426 g/mol. The third-order valence-electron chi connectivity index (χ3n) is 4.59. The largest absolute Gasteiger partial charge is 0.431 e. The molecule has 154 valence electrons. The topological polar surface area (TPSA) is 119 Å². The molecule has 0 bridgehead atoms. The van der Waals surface area contributed by atoms with Gasteiger partial charge >= 0.3 is 6.18 Å². The molecule has 11 heteroatoms. The van der Waals surface area contributed by atoms with Crippen molar-refractivity contribution in [1.82, 2.24) is 0 Å². The van der Waals surface area contributed by atoms with Gasteiger partial charge in [0.05, 0.1) is 10.9 Å². The number of halogens is 3. The Hall–Kier alpha value is -2.92. The van der Waals surface area contributed by atoms with Gasteiger partial charge in [-0.05, 0) is 48.9 Å². The number of alkyl halides is 3. The number of carbonyl (C=O) groups excluding carboxylic acids is 1. The predicted octanol–water partition coefficient (Wildman–Crippen LogP) is 2.34. The molecule has 0 spiro atoms. The first kappa shape index (κ1) is 20.8. The van der Waals surface area contributed by atoms with Crippen molar-refractivity contribution < 1.29 is 26.4 Å². The molecule has 2 atom stereocenters. The zero-order chi connectivity index (χ0) is 21.6. The van der Waals surface area contributed by atoms with Gasteiger partial charge in [0.2, 0.25) is 15.9 Å². The molecule has 1 heterocycles. The van der Waals surface area contributed by atoms with E-state index in [9.17, 15) is 26.4 Å². The summed E-state index contributed by atoms with van der Waals surface area (Å²) in [6.07, 6.45) is -5.68. The van der Waals surface area contributed by atoms with Gasteiger partial charge < -0.3 is 10.6 Å². The lowest BCUT2D eigenvalue weighted by Crippen LogP contribution is -2.40. The Morgan fingerprint density at radius 3 is 2.07 bits per heavy atom. The maximum absolute atomic E-state index is 13.5. The molecule has 0 aromatic heterocycles. The molecule has 29 heavy (non-hydrogen) atoms. The van der Waals surface area contributed by atoms with E-state index in [1.165, 1.54) is 60.4 Å². The van der Waals surface area contributed by atoms with Gasteiger partial charge in [0.15, 0.2) is 0 Å². The highest BCUT2D eigenvalue weighted by Crippen LogP contribution is 2.39. The van der Waals surface area contributed by atoms with Gasteiger partial charge in [-0.2, -0.15) is 13.2 Å². The lowest BCUT2D eigenvalue weighted by Gasteiger charge is -2.30. The van der Waals surface area contributed by atoms with Crippen LogP contribution >= 0.6 is 0 Å². The van der Waals surface area contributed by atoms with Crippen LogP contribution in [0, 0.1) is 0 Å². The van der Waals surface area contributed by atoms with E-state index in [2.05, 4.69) is 4.99 Å². The Balaban J connectivity index is 2.06. The van der Waals surface area contributed by atoms with Crippen LogP contribution in [0.2, 0.25) is 0 Å². The second-order valence-corrected chi connectivity index (χ2v) is 8.06. The van der Waals surface area contributed by atoms with Crippen molar-refractivity contribution >= 4 is 27.3 Å². The van der Waals surface area contributed by atoms with Crippen LogP contribution in [0.5, 0.6) is 0 Å². The Kier molecular flexibility index (Phi) is 5.13. The molecule has 7 nitrogen and oxygen atoms in total. The highest BCUT2D eigenvalue weighted by atomic mass is 32.2. The van der Waals surface area contributed by atoms with E-state index in [-0.39, 0.29) is 10.5 Å². The van der Waals surface area contributed by atoms with Gasteiger partial charge in [0, 0.05) is 11.3 Å². The van der Waals surface area contributed by atoms with Crippen molar-refractivity contribution in [3.63, 3.8) is 0 Å². The lowest BCUT2D eigenvalue weighted by atomic mass is 10.1. The minimum Gasteiger partial charge on any atom is -0.366 e. The Labute approximate surface area is 164 Å². The molecule has 0 radical (unpaired) electrons. The molecule has 2 unspecified atom stereocenters. The molecule has 0 saturated carbocycles. The van der Waals surface area contributed by atoms with Crippen LogP contribution in [0.25, 0.3) is 0 Å². The number of amides is 1. The zero-order valence-electron chi connectivity index (χ0n) is 15.1. The molecule has 0 saturated heterocycles. The van der Waals surface area contributed by atoms with Crippen LogP contribution in [0.15, 0.2) is 58.4 Å². The van der Waals surface area contributed by atoms with Gasteiger partial charge in [0.25, 0.3) is 0 Å². The number of hydrogen-bond acceptors (Lipinski definition) is 5. The number of carbonyl (C=O) groups is 1. The minimum absolute atomic E-state index is 0.162. The third kappa shape index (κ3) is 4.10. The number of primary sulfonamides is 1. The Morgan fingerprint density at radius 1 is 1.07 bits per heavy atom. The summed E-state index contributed by atoms with van der Waals surface area (Å²) in [4.78, 5) is 16.4. The first-order valence-electron chi connectivity index (χ1n) is 8.35. The first-order valence-corrected chi connectivity index (χ1v) is 9.90. The summed E-state index contributed by atoms with van der Waals surface area (Å²) in [5.74, 6) is -0.659. The fraction of sp³-hybridized carbons (Fsp3) is 0.222. The SMILES string of the molecule is CC1C(C(F)(F)F)=NC(c2ccc(S(N)(=O)=O)cc2)N1c1ccc(C(N)=O)cc1. The van der Waals surface area contributed by atoms with E-state index >= 15 is 0 Å². The van der Waals surface area contributed by atoms with Crippen molar-refractivity contribution in [1.29, 1.82) is 0 Å². The summed E-state index contributed by atoms with van der Waals surface area (Å²) in [6.45, 7) is 1.37. The number of hydrogen-bond donors (Lipinski definition) is 2. The van der Waals surface area contributed by atoms with Crippen LogP contribution in [-0.2, 0) is 10.0 Å². The lowest BCUT2D eigenvalue weighted by molar-refractivity contribution is -0.0604. The van der Waals surface area contributed by atoms with Gasteiger partial charge in [-0.25, -0.2) is 13.6 Å². The van der Waals surface area contributed by atoms with Crippen LogP contribution in [-0.4, -0.2) is 32.3 Å². The smallest absolute Gasteiger partial charge is 0.366 e. The standard InChI is InChI=1S/C18H17F3N4O3S/c1-10-15(18(19,20)21)24-17(12-4-8-14(9-5-12)29(23,27)28)25(10)13-6-2-11(3-7-13)16(22)26/h2-10,17H,1H3,(H2,22,26)(H2,23,27,28). The fourth-order valence-corrected chi connectivity index (χ4v) is 3.70. The van der Waals surface area contributed by atoms with E-state index in [0.717, 1.165) is 0 Å². The molecule has 1 aliphatic heterocycles. The fourth-order valence-electron chi connectivity index (χ4n) is 3.18. The molecule has 0 aliphatic carbocycles. The van der Waals surface area contributed by atoms with Gasteiger partial charge in [-0.3, -0.25) is 9.79 Å². The maximum atomic E-state index is 13.5. The van der Waals surface area contributed by atoms with Gasteiger partial charge in [0.1, 0.15) is 11.9 Å².